The summed E-state index contributed by atoms with van der Waals surface area (Å²) in [5.74, 6) is 0.719. The number of para-hydroxylation sites is 2. The minimum atomic E-state index is -0.193. The molecule has 1 aliphatic heterocycles. The van der Waals surface area contributed by atoms with Gasteiger partial charge in [-0.15, -0.1) is 0 Å². The molecule has 162 valence electrons. The third kappa shape index (κ3) is 5.06. The number of benzene rings is 2. The smallest absolute Gasteiger partial charge is 0.252 e. The molecule has 1 fully saturated rings. The summed E-state index contributed by atoms with van der Waals surface area (Å²) >= 11 is 6.09. The highest BCUT2D eigenvalue weighted by Gasteiger charge is 2.20. The predicted octanol–water partition coefficient (Wildman–Crippen LogP) is 2.91. The predicted molar refractivity (Wildman–Crippen MR) is 119 cm³/mol. The molecule has 0 atom stereocenters. The van der Waals surface area contributed by atoms with Gasteiger partial charge in [-0.25, -0.2) is 4.98 Å². The zero-order valence-electron chi connectivity index (χ0n) is 17.2. The highest BCUT2D eigenvalue weighted by Crippen LogP contribution is 2.18. The van der Waals surface area contributed by atoms with Crippen LogP contribution >= 0.6 is 11.6 Å². The molecule has 1 aromatic heterocycles. The van der Waals surface area contributed by atoms with Gasteiger partial charge in [-0.2, -0.15) is 0 Å². The van der Waals surface area contributed by atoms with Crippen molar-refractivity contribution in [1.82, 2.24) is 19.8 Å². The third-order valence-electron chi connectivity index (χ3n) is 5.37. The maximum atomic E-state index is 12.8. The number of imidazole rings is 1. The van der Waals surface area contributed by atoms with E-state index in [-0.39, 0.29) is 18.4 Å². The normalized spacial score (nSPS) is 14.0. The van der Waals surface area contributed by atoms with Crippen molar-refractivity contribution in [3.8, 4) is 0 Å². The molecule has 0 unspecified atom stereocenters. The largest absolute Gasteiger partial charge is 0.378 e. The number of nitrogens with one attached hydrogen (secondary N) is 1. The molecule has 31 heavy (non-hydrogen) atoms. The second-order valence-corrected chi connectivity index (χ2v) is 7.84. The van der Waals surface area contributed by atoms with Crippen molar-refractivity contribution in [2.45, 2.75) is 19.4 Å². The average Bonchev–Trinajstić information content (AvgIpc) is 3.14. The van der Waals surface area contributed by atoms with Crippen molar-refractivity contribution < 1.29 is 14.3 Å². The van der Waals surface area contributed by atoms with Crippen molar-refractivity contribution in [2.75, 3.05) is 32.8 Å². The topological polar surface area (TPSA) is 76.5 Å². The van der Waals surface area contributed by atoms with Gasteiger partial charge < -0.3 is 19.5 Å². The molecule has 0 radical (unpaired) electrons. The van der Waals surface area contributed by atoms with Gasteiger partial charge in [-0.1, -0.05) is 35.9 Å². The van der Waals surface area contributed by atoms with Gasteiger partial charge in [-0.05, 0) is 30.7 Å². The molecule has 2 heterocycles. The summed E-state index contributed by atoms with van der Waals surface area (Å²) in [7, 11) is 0. The van der Waals surface area contributed by atoms with Crippen LogP contribution in [-0.2, 0) is 22.5 Å². The van der Waals surface area contributed by atoms with Crippen LogP contribution < -0.4 is 5.32 Å². The van der Waals surface area contributed by atoms with Gasteiger partial charge in [-0.3, -0.25) is 9.59 Å². The number of carbonyl (C=O) groups excluding carboxylic acids is 2. The van der Waals surface area contributed by atoms with E-state index in [1.54, 1.807) is 24.3 Å². The first-order valence-corrected chi connectivity index (χ1v) is 10.8. The fourth-order valence-electron chi connectivity index (χ4n) is 3.73. The van der Waals surface area contributed by atoms with Gasteiger partial charge in [0.1, 0.15) is 12.4 Å². The number of morpholine rings is 1. The van der Waals surface area contributed by atoms with E-state index in [1.165, 1.54) is 0 Å². The van der Waals surface area contributed by atoms with E-state index in [1.807, 2.05) is 33.7 Å². The maximum Gasteiger partial charge on any atom is 0.252 e. The van der Waals surface area contributed by atoms with E-state index in [0.29, 0.717) is 56.3 Å². The Labute approximate surface area is 186 Å². The van der Waals surface area contributed by atoms with Crippen LogP contribution in [0.1, 0.15) is 22.6 Å². The van der Waals surface area contributed by atoms with Gasteiger partial charge in [0.15, 0.2) is 0 Å². The molecule has 4 rings (SSSR count). The molecule has 0 bridgehead atoms. The fourth-order valence-corrected chi connectivity index (χ4v) is 3.95. The lowest BCUT2D eigenvalue weighted by Crippen LogP contribution is -2.42. The zero-order chi connectivity index (χ0) is 21.6. The Kier molecular flexibility index (Phi) is 6.84. The molecule has 7 nitrogen and oxygen atoms in total. The number of rotatable bonds is 7. The Morgan fingerprint density at radius 3 is 2.61 bits per heavy atom. The molecule has 0 aliphatic carbocycles. The molecule has 1 N–H and O–H groups in total. The summed E-state index contributed by atoms with van der Waals surface area (Å²) in [5, 5.41) is 3.34. The Bertz CT molecular complexity index is 1080. The van der Waals surface area contributed by atoms with Gasteiger partial charge in [0.25, 0.3) is 5.91 Å². The summed E-state index contributed by atoms with van der Waals surface area (Å²) in [6.07, 6.45) is 1.35. The van der Waals surface area contributed by atoms with Crippen LogP contribution in [-0.4, -0.2) is 59.1 Å². The lowest BCUT2D eigenvalue weighted by atomic mass is 10.2. The maximum absolute atomic E-state index is 12.8. The van der Waals surface area contributed by atoms with Crippen molar-refractivity contribution >= 4 is 34.4 Å². The Balaban J connectivity index is 1.41. The molecular weight excluding hydrogens is 416 g/mol. The fraction of sp³-hybridized carbons (Fsp3) is 0.348. The first kappa shape index (κ1) is 21.3. The lowest BCUT2D eigenvalue weighted by molar-refractivity contribution is -0.135. The Hall–Kier alpha value is -2.90. The average molecular weight is 441 g/mol. The number of fused-ring (bicyclic) bond motifs is 1. The van der Waals surface area contributed by atoms with E-state index in [9.17, 15) is 9.59 Å². The van der Waals surface area contributed by atoms with Crippen molar-refractivity contribution in [1.29, 1.82) is 0 Å². The number of aryl methyl sites for hydroxylation is 1. The number of nitrogens with zero attached hydrogens (tertiary/aromatic N) is 3. The van der Waals surface area contributed by atoms with Gasteiger partial charge >= 0.3 is 0 Å². The van der Waals surface area contributed by atoms with E-state index >= 15 is 0 Å². The first-order valence-electron chi connectivity index (χ1n) is 10.5. The molecular formula is C23H25ClN4O3. The van der Waals surface area contributed by atoms with E-state index in [0.717, 1.165) is 16.9 Å². The van der Waals surface area contributed by atoms with Crippen LogP contribution in [0.15, 0.2) is 48.5 Å². The number of aromatic nitrogens is 2. The van der Waals surface area contributed by atoms with Gasteiger partial charge in [0.2, 0.25) is 5.91 Å². The minimum Gasteiger partial charge on any atom is -0.378 e. The SMILES string of the molecule is O=C(NCCCc1nc2ccccc2n1CC(=O)N1CCOCC1)c1ccccc1Cl. The van der Waals surface area contributed by atoms with Crippen molar-refractivity contribution in [3.05, 3.63) is 64.9 Å². The van der Waals surface area contributed by atoms with Crippen LogP contribution in [0.2, 0.25) is 5.02 Å². The number of carbonyl (C=O) groups is 2. The molecule has 2 aromatic carbocycles. The summed E-state index contributed by atoms with van der Waals surface area (Å²) in [6, 6.07) is 14.8. The standard InChI is InChI=1S/C23H25ClN4O3/c24-18-7-2-1-6-17(18)23(30)25-11-5-10-21-26-19-8-3-4-9-20(19)28(21)16-22(29)27-12-14-31-15-13-27/h1-4,6-9H,5,10-16H2,(H,25,30). The van der Waals surface area contributed by atoms with E-state index in [2.05, 4.69) is 5.32 Å². The highest BCUT2D eigenvalue weighted by atomic mass is 35.5. The minimum absolute atomic E-state index is 0.0692. The summed E-state index contributed by atoms with van der Waals surface area (Å²) in [6.45, 7) is 3.14. The van der Waals surface area contributed by atoms with Crippen LogP contribution in [0.3, 0.4) is 0 Å². The number of amides is 2. The molecule has 0 saturated carbocycles. The van der Waals surface area contributed by atoms with Gasteiger partial charge in [0, 0.05) is 26.1 Å². The molecule has 8 heteroatoms. The van der Waals surface area contributed by atoms with E-state index in [4.69, 9.17) is 21.3 Å². The summed E-state index contributed by atoms with van der Waals surface area (Å²) in [5.41, 5.74) is 2.28. The number of hydrogen-bond acceptors (Lipinski definition) is 4. The molecule has 3 aromatic rings. The molecule has 1 aliphatic rings. The number of hydrogen-bond donors (Lipinski definition) is 1. The van der Waals surface area contributed by atoms with Gasteiger partial charge in [0.05, 0.1) is 34.8 Å². The quantitative estimate of drug-likeness (QED) is 0.573. The van der Waals surface area contributed by atoms with Crippen molar-refractivity contribution in [3.63, 3.8) is 0 Å². The summed E-state index contributed by atoms with van der Waals surface area (Å²) < 4.78 is 7.34. The first-order chi connectivity index (χ1) is 15.1. The number of halogens is 1. The molecule has 2 amide bonds. The monoisotopic (exact) mass is 440 g/mol. The van der Waals surface area contributed by atoms with Crippen LogP contribution in [0, 0.1) is 0 Å². The third-order valence-corrected chi connectivity index (χ3v) is 5.70. The Morgan fingerprint density at radius 2 is 1.81 bits per heavy atom. The second kappa shape index (κ2) is 9.94. The Morgan fingerprint density at radius 1 is 1.06 bits per heavy atom. The van der Waals surface area contributed by atoms with E-state index < -0.39 is 0 Å². The molecule has 0 spiro atoms. The molecule has 1 saturated heterocycles. The summed E-state index contributed by atoms with van der Waals surface area (Å²) in [4.78, 5) is 31.7. The second-order valence-electron chi connectivity index (χ2n) is 7.44. The van der Waals surface area contributed by atoms with Crippen LogP contribution in [0.5, 0.6) is 0 Å². The zero-order valence-corrected chi connectivity index (χ0v) is 18.0. The lowest BCUT2D eigenvalue weighted by Gasteiger charge is -2.27. The number of ether oxygens (including phenoxy) is 1. The highest BCUT2D eigenvalue weighted by molar-refractivity contribution is 6.33. The van der Waals surface area contributed by atoms with Crippen LogP contribution in [0.4, 0.5) is 0 Å². The van der Waals surface area contributed by atoms with Crippen LogP contribution in [0.25, 0.3) is 11.0 Å². The van der Waals surface area contributed by atoms with Crippen molar-refractivity contribution in [2.24, 2.45) is 0 Å².